The lowest BCUT2D eigenvalue weighted by Crippen LogP contribution is -2.37. The molecule has 0 aliphatic carbocycles. The molecule has 0 saturated heterocycles. The van der Waals surface area contributed by atoms with Crippen molar-refractivity contribution in [3.05, 3.63) is 64.7 Å². The number of ether oxygens (including phenoxy) is 1. The lowest BCUT2D eigenvalue weighted by Gasteiger charge is -2.32. The molecule has 0 bridgehead atoms. The SMILES string of the molecule is CCC(N)(c1ccccc1)c1ccc(C)c(C)c1OC. The van der Waals surface area contributed by atoms with Gasteiger partial charge in [0, 0.05) is 5.56 Å². The Hall–Kier alpha value is -1.80. The molecule has 2 aromatic rings. The van der Waals surface area contributed by atoms with Gasteiger partial charge in [0.1, 0.15) is 5.75 Å². The largest absolute Gasteiger partial charge is 0.496 e. The van der Waals surface area contributed by atoms with Crippen LogP contribution in [0.5, 0.6) is 5.75 Å². The maximum atomic E-state index is 6.76. The molecule has 2 aromatic carbocycles. The molecule has 106 valence electrons. The van der Waals surface area contributed by atoms with Gasteiger partial charge in [0.05, 0.1) is 12.6 Å². The van der Waals surface area contributed by atoms with Crippen molar-refractivity contribution in [1.29, 1.82) is 0 Å². The summed E-state index contributed by atoms with van der Waals surface area (Å²) in [6.07, 6.45) is 0.815. The van der Waals surface area contributed by atoms with Crippen molar-refractivity contribution < 1.29 is 4.74 Å². The Morgan fingerprint density at radius 3 is 2.25 bits per heavy atom. The summed E-state index contributed by atoms with van der Waals surface area (Å²) in [6.45, 7) is 6.29. The Bertz CT molecular complexity index is 592. The Morgan fingerprint density at radius 1 is 1.05 bits per heavy atom. The number of hydrogen-bond acceptors (Lipinski definition) is 2. The number of rotatable bonds is 4. The molecule has 0 aliphatic heterocycles. The van der Waals surface area contributed by atoms with E-state index in [9.17, 15) is 0 Å². The van der Waals surface area contributed by atoms with Crippen LogP contribution < -0.4 is 10.5 Å². The number of hydrogen-bond donors (Lipinski definition) is 1. The predicted octanol–water partition coefficient (Wildman–Crippen LogP) is 3.92. The van der Waals surface area contributed by atoms with Crippen LogP contribution in [-0.4, -0.2) is 7.11 Å². The molecule has 2 N–H and O–H groups in total. The zero-order chi connectivity index (χ0) is 14.8. The van der Waals surface area contributed by atoms with E-state index in [2.05, 4.69) is 45.0 Å². The maximum Gasteiger partial charge on any atom is 0.127 e. The molecule has 20 heavy (non-hydrogen) atoms. The van der Waals surface area contributed by atoms with Gasteiger partial charge in [-0.2, -0.15) is 0 Å². The Kier molecular flexibility index (Phi) is 4.15. The van der Waals surface area contributed by atoms with Crippen LogP contribution in [-0.2, 0) is 5.54 Å². The number of methoxy groups -OCH3 is 1. The third-order valence-corrected chi connectivity index (χ3v) is 4.21. The molecule has 2 nitrogen and oxygen atoms in total. The third kappa shape index (κ3) is 2.32. The highest BCUT2D eigenvalue weighted by molar-refractivity contribution is 5.52. The smallest absolute Gasteiger partial charge is 0.127 e. The second-order valence-corrected chi connectivity index (χ2v) is 5.28. The van der Waals surface area contributed by atoms with Gasteiger partial charge < -0.3 is 10.5 Å². The van der Waals surface area contributed by atoms with E-state index >= 15 is 0 Å². The minimum Gasteiger partial charge on any atom is -0.496 e. The Labute approximate surface area is 121 Å². The van der Waals surface area contributed by atoms with E-state index in [0.717, 1.165) is 28.9 Å². The predicted molar refractivity (Wildman–Crippen MR) is 84.2 cm³/mol. The second-order valence-electron chi connectivity index (χ2n) is 5.28. The fourth-order valence-electron chi connectivity index (χ4n) is 2.69. The first-order chi connectivity index (χ1) is 9.54. The Balaban J connectivity index is 2.67. The second kappa shape index (κ2) is 5.68. The first kappa shape index (κ1) is 14.6. The van der Waals surface area contributed by atoms with E-state index < -0.39 is 5.54 Å². The molecular formula is C18H23NO. The van der Waals surface area contributed by atoms with E-state index in [-0.39, 0.29) is 0 Å². The summed E-state index contributed by atoms with van der Waals surface area (Å²) < 4.78 is 5.65. The molecule has 0 aromatic heterocycles. The van der Waals surface area contributed by atoms with Gasteiger partial charge in [-0.3, -0.25) is 0 Å². The normalized spacial score (nSPS) is 13.8. The van der Waals surface area contributed by atoms with Gasteiger partial charge in [-0.25, -0.2) is 0 Å². The number of aryl methyl sites for hydroxylation is 1. The highest BCUT2D eigenvalue weighted by Crippen LogP contribution is 2.38. The average Bonchev–Trinajstić information content (AvgIpc) is 2.50. The first-order valence-corrected chi connectivity index (χ1v) is 7.03. The minimum atomic E-state index is -0.523. The van der Waals surface area contributed by atoms with Gasteiger partial charge in [0.15, 0.2) is 0 Å². The molecule has 0 fully saturated rings. The number of nitrogens with two attached hydrogens (primary N) is 1. The van der Waals surface area contributed by atoms with Crippen molar-refractivity contribution in [3.8, 4) is 5.75 Å². The van der Waals surface area contributed by atoms with Crippen molar-refractivity contribution in [2.45, 2.75) is 32.7 Å². The summed E-state index contributed by atoms with van der Waals surface area (Å²) in [5, 5.41) is 0. The summed E-state index contributed by atoms with van der Waals surface area (Å²) >= 11 is 0. The van der Waals surface area contributed by atoms with Crippen molar-refractivity contribution in [2.75, 3.05) is 7.11 Å². The van der Waals surface area contributed by atoms with Crippen molar-refractivity contribution in [3.63, 3.8) is 0 Å². The summed E-state index contributed by atoms with van der Waals surface area (Å²) in [7, 11) is 1.71. The number of benzene rings is 2. The summed E-state index contributed by atoms with van der Waals surface area (Å²) in [5.41, 5.74) is 10.8. The van der Waals surface area contributed by atoms with Gasteiger partial charge in [0.2, 0.25) is 0 Å². The van der Waals surface area contributed by atoms with E-state index in [1.165, 1.54) is 5.56 Å². The zero-order valence-corrected chi connectivity index (χ0v) is 12.7. The van der Waals surface area contributed by atoms with E-state index in [0.29, 0.717) is 0 Å². The highest BCUT2D eigenvalue weighted by Gasteiger charge is 2.31. The molecule has 0 aliphatic rings. The van der Waals surface area contributed by atoms with Gasteiger partial charge in [-0.15, -0.1) is 0 Å². The van der Waals surface area contributed by atoms with E-state index in [4.69, 9.17) is 10.5 Å². The van der Waals surface area contributed by atoms with Crippen LogP contribution in [0.2, 0.25) is 0 Å². The molecule has 0 radical (unpaired) electrons. The van der Waals surface area contributed by atoms with Crippen LogP contribution in [0.15, 0.2) is 42.5 Å². The monoisotopic (exact) mass is 269 g/mol. The third-order valence-electron chi connectivity index (χ3n) is 4.21. The lowest BCUT2D eigenvalue weighted by atomic mass is 9.80. The van der Waals surface area contributed by atoms with Crippen molar-refractivity contribution in [1.82, 2.24) is 0 Å². The Morgan fingerprint density at radius 2 is 1.70 bits per heavy atom. The highest BCUT2D eigenvalue weighted by atomic mass is 16.5. The van der Waals surface area contributed by atoms with Gasteiger partial charge in [0.25, 0.3) is 0 Å². The van der Waals surface area contributed by atoms with Crippen LogP contribution in [0.4, 0.5) is 0 Å². The topological polar surface area (TPSA) is 35.2 Å². The zero-order valence-electron chi connectivity index (χ0n) is 12.7. The summed E-state index contributed by atoms with van der Waals surface area (Å²) in [6, 6.07) is 14.4. The van der Waals surface area contributed by atoms with Crippen LogP contribution in [0.3, 0.4) is 0 Å². The van der Waals surface area contributed by atoms with Gasteiger partial charge >= 0.3 is 0 Å². The first-order valence-electron chi connectivity index (χ1n) is 7.03. The van der Waals surface area contributed by atoms with Gasteiger partial charge in [-0.05, 0) is 37.0 Å². The molecule has 2 heteroatoms. The summed E-state index contributed by atoms with van der Waals surface area (Å²) in [4.78, 5) is 0. The van der Waals surface area contributed by atoms with Crippen LogP contribution >= 0.6 is 0 Å². The molecule has 0 heterocycles. The minimum absolute atomic E-state index is 0.523. The molecule has 1 unspecified atom stereocenters. The molecule has 0 spiro atoms. The average molecular weight is 269 g/mol. The quantitative estimate of drug-likeness (QED) is 0.913. The molecule has 2 rings (SSSR count). The molecule has 1 atom stereocenters. The van der Waals surface area contributed by atoms with Crippen LogP contribution in [0.1, 0.15) is 35.6 Å². The van der Waals surface area contributed by atoms with Gasteiger partial charge in [-0.1, -0.05) is 49.4 Å². The fraction of sp³-hybridized carbons (Fsp3) is 0.333. The van der Waals surface area contributed by atoms with Crippen LogP contribution in [0, 0.1) is 13.8 Å². The van der Waals surface area contributed by atoms with Crippen molar-refractivity contribution >= 4 is 0 Å². The molecule has 0 amide bonds. The standard InChI is InChI=1S/C18H23NO/c1-5-18(19,15-9-7-6-8-10-15)16-12-11-13(2)14(3)17(16)20-4/h6-12H,5,19H2,1-4H3. The van der Waals surface area contributed by atoms with E-state index in [1.807, 2.05) is 18.2 Å². The maximum absolute atomic E-state index is 6.76. The molecular weight excluding hydrogens is 246 g/mol. The summed E-state index contributed by atoms with van der Waals surface area (Å²) in [5.74, 6) is 0.901. The van der Waals surface area contributed by atoms with Crippen molar-refractivity contribution in [2.24, 2.45) is 5.73 Å². The lowest BCUT2D eigenvalue weighted by molar-refractivity contribution is 0.388. The van der Waals surface area contributed by atoms with Crippen LogP contribution in [0.25, 0.3) is 0 Å². The molecule has 0 saturated carbocycles. The fourth-order valence-corrected chi connectivity index (χ4v) is 2.69. The van der Waals surface area contributed by atoms with E-state index in [1.54, 1.807) is 7.11 Å².